The number of nitrogens with one attached hydrogen (secondary N) is 1. The Balaban J connectivity index is 1.43. The number of morpholine rings is 1. The maximum atomic E-state index is 9.41. The number of pyridine rings is 1. The molecule has 0 radical (unpaired) electrons. The maximum Gasteiger partial charge on any atom is 0.163 e. The summed E-state index contributed by atoms with van der Waals surface area (Å²) >= 11 is 0. The Morgan fingerprint density at radius 3 is 2.58 bits per heavy atom. The van der Waals surface area contributed by atoms with Gasteiger partial charge in [-0.25, -0.2) is 15.0 Å². The molecule has 5 rings (SSSR count). The monoisotopic (exact) mass is 444 g/mol. The van der Waals surface area contributed by atoms with Crippen molar-refractivity contribution in [2.45, 2.75) is 13.0 Å². The second-order valence-corrected chi connectivity index (χ2v) is 7.97. The van der Waals surface area contributed by atoms with Crippen LogP contribution < -0.4 is 19.7 Å². The number of nitriles is 1. The highest BCUT2D eigenvalue weighted by Gasteiger charge is 2.19. The quantitative estimate of drug-likeness (QED) is 0.614. The molecule has 1 aromatic carbocycles. The largest absolute Gasteiger partial charge is 0.485 e. The number of aromatic nitrogens is 3. The fourth-order valence-electron chi connectivity index (χ4n) is 3.68. The zero-order valence-electron chi connectivity index (χ0n) is 18.3. The van der Waals surface area contributed by atoms with Crippen molar-refractivity contribution in [3.8, 4) is 34.7 Å². The molecule has 168 valence electrons. The molecule has 0 aliphatic carbocycles. The van der Waals surface area contributed by atoms with Crippen LogP contribution in [0.1, 0.15) is 11.3 Å². The summed E-state index contributed by atoms with van der Waals surface area (Å²) in [7, 11) is 0. The smallest absolute Gasteiger partial charge is 0.163 e. The minimum Gasteiger partial charge on any atom is -0.485 e. The van der Waals surface area contributed by atoms with Gasteiger partial charge in [-0.2, -0.15) is 5.26 Å². The number of hydrogen-bond donors (Lipinski definition) is 1. The number of anilines is 1. The molecule has 2 aliphatic heterocycles. The third-order valence-corrected chi connectivity index (χ3v) is 5.50. The molecule has 2 aromatic heterocycles. The lowest BCUT2D eigenvalue weighted by atomic mass is 10.1. The summed E-state index contributed by atoms with van der Waals surface area (Å²) in [6.07, 6.45) is 3.48. The Hall–Kier alpha value is -3.74. The summed E-state index contributed by atoms with van der Waals surface area (Å²) in [6, 6.07) is 11.2. The van der Waals surface area contributed by atoms with E-state index in [1.807, 2.05) is 19.1 Å². The minimum absolute atomic E-state index is 0.156. The van der Waals surface area contributed by atoms with Gasteiger partial charge in [0.1, 0.15) is 23.4 Å². The van der Waals surface area contributed by atoms with E-state index >= 15 is 0 Å². The number of rotatable bonds is 6. The Labute approximate surface area is 192 Å². The molecule has 0 unspecified atom stereocenters. The molecule has 0 atom stereocenters. The van der Waals surface area contributed by atoms with Crippen molar-refractivity contribution in [1.82, 2.24) is 20.3 Å². The van der Waals surface area contributed by atoms with Gasteiger partial charge in [0.15, 0.2) is 11.6 Å². The van der Waals surface area contributed by atoms with Crippen LogP contribution >= 0.6 is 0 Å². The maximum absolute atomic E-state index is 9.41. The molecule has 9 nitrogen and oxygen atoms in total. The predicted molar refractivity (Wildman–Crippen MR) is 122 cm³/mol. The van der Waals surface area contributed by atoms with E-state index in [-0.39, 0.29) is 6.10 Å². The van der Waals surface area contributed by atoms with Gasteiger partial charge in [-0.3, -0.25) is 0 Å². The van der Waals surface area contributed by atoms with Crippen molar-refractivity contribution in [3.63, 3.8) is 0 Å². The molecule has 0 bridgehead atoms. The van der Waals surface area contributed by atoms with E-state index in [2.05, 4.69) is 31.2 Å². The minimum atomic E-state index is 0.156. The molecule has 3 aromatic rings. The van der Waals surface area contributed by atoms with E-state index in [1.165, 1.54) is 0 Å². The van der Waals surface area contributed by atoms with Crippen LogP contribution in [0.25, 0.3) is 11.4 Å². The Kier molecular flexibility index (Phi) is 6.02. The Morgan fingerprint density at radius 2 is 1.88 bits per heavy atom. The molecule has 0 amide bonds. The van der Waals surface area contributed by atoms with Crippen LogP contribution in [-0.2, 0) is 4.74 Å². The lowest BCUT2D eigenvalue weighted by Crippen LogP contribution is -2.50. The van der Waals surface area contributed by atoms with Gasteiger partial charge in [0.25, 0.3) is 0 Å². The summed E-state index contributed by atoms with van der Waals surface area (Å²) in [5.41, 5.74) is 2.02. The first-order chi connectivity index (χ1) is 16.2. The highest BCUT2D eigenvalue weighted by atomic mass is 16.5. The Morgan fingerprint density at radius 1 is 1.09 bits per heavy atom. The van der Waals surface area contributed by atoms with Gasteiger partial charge < -0.3 is 24.4 Å². The summed E-state index contributed by atoms with van der Waals surface area (Å²) in [4.78, 5) is 15.8. The second-order valence-electron chi connectivity index (χ2n) is 7.97. The first-order valence-electron chi connectivity index (χ1n) is 10.9. The van der Waals surface area contributed by atoms with Gasteiger partial charge in [-0.1, -0.05) is 0 Å². The standard InChI is InChI=1S/C24H24N6O3/c1-16-8-18(10-23(29-16)30-4-6-31-7-5-30)33-22-9-17(11-25)2-3-21(22)24-27-14-20(15-28-24)32-19-12-26-13-19/h2-3,8-10,14-15,19,26H,4-7,12-13H2,1H3. The van der Waals surface area contributed by atoms with Crippen molar-refractivity contribution >= 4 is 5.82 Å². The van der Waals surface area contributed by atoms with Crippen molar-refractivity contribution in [2.75, 3.05) is 44.3 Å². The number of benzene rings is 1. The SMILES string of the molecule is Cc1cc(Oc2cc(C#N)ccc2-c2ncc(OC3CNC3)cn2)cc(N2CCOCC2)n1. The number of aryl methyl sites for hydroxylation is 1. The van der Waals surface area contributed by atoms with Gasteiger partial charge in [0, 0.05) is 44.0 Å². The molecule has 33 heavy (non-hydrogen) atoms. The van der Waals surface area contributed by atoms with Crippen molar-refractivity contribution < 1.29 is 14.2 Å². The molecule has 0 saturated carbocycles. The topological polar surface area (TPSA) is 105 Å². The summed E-state index contributed by atoms with van der Waals surface area (Å²) in [5, 5.41) is 12.6. The molecule has 4 heterocycles. The second kappa shape index (κ2) is 9.40. The average molecular weight is 444 g/mol. The summed E-state index contributed by atoms with van der Waals surface area (Å²) in [5.74, 6) is 3.10. The van der Waals surface area contributed by atoms with E-state index in [4.69, 9.17) is 14.2 Å². The van der Waals surface area contributed by atoms with Crippen molar-refractivity contribution in [3.05, 3.63) is 54.0 Å². The Bertz CT molecular complexity index is 1170. The predicted octanol–water partition coefficient (Wildman–Crippen LogP) is 2.70. The molecule has 1 N–H and O–H groups in total. The van der Waals surface area contributed by atoms with E-state index in [0.717, 1.165) is 37.7 Å². The highest BCUT2D eigenvalue weighted by Crippen LogP contribution is 2.34. The molecular formula is C24H24N6O3. The lowest BCUT2D eigenvalue weighted by molar-refractivity contribution is 0.122. The zero-order chi connectivity index (χ0) is 22.6. The first-order valence-corrected chi connectivity index (χ1v) is 10.9. The van der Waals surface area contributed by atoms with Crippen LogP contribution in [-0.4, -0.2) is 60.4 Å². The zero-order valence-corrected chi connectivity index (χ0v) is 18.3. The van der Waals surface area contributed by atoms with E-state index in [9.17, 15) is 5.26 Å². The summed E-state index contributed by atoms with van der Waals surface area (Å²) < 4.78 is 17.5. The molecule has 9 heteroatoms. The third kappa shape index (κ3) is 4.87. The van der Waals surface area contributed by atoms with E-state index in [0.29, 0.717) is 47.4 Å². The molecule has 2 saturated heterocycles. The van der Waals surface area contributed by atoms with Gasteiger partial charge in [0.2, 0.25) is 0 Å². The molecule has 2 fully saturated rings. The highest BCUT2D eigenvalue weighted by molar-refractivity contribution is 5.67. The number of hydrogen-bond acceptors (Lipinski definition) is 9. The van der Waals surface area contributed by atoms with Gasteiger partial charge in [-0.15, -0.1) is 0 Å². The van der Waals surface area contributed by atoms with Gasteiger partial charge >= 0.3 is 0 Å². The van der Waals surface area contributed by atoms with E-state index < -0.39 is 0 Å². The van der Waals surface area contributed by atoms with Crippen LogP contribution in [0.2, 0.25) is 0 Å². The van der Waals surface area contributed by atoms with Crippen LogP contribution in [0.15, 0.2) is 42.7 Å². The van der Waals surface area contributed by atoms with Crippen LogP contribution in [0.4, 0.5) is 5.82 Å². The van der Waals surface area contributed by atoms with Crippen molar-refractivity contribution in [2.24, 2.45) is 0 Å². The fourth-order valence-corrected chi connectivity index (χ4v) is 3.68. The molecular weight excluding hydrogens is 420 g/mol. The van der Waals surface area contributed by atoms with Crippen molar-refractivity contribution in [1.29, 1.82) is 5.26 Å². The van der Waals surface area contributed by atoms with E-state index in [1.54, 1.807) is 30.6 Å². The number of ether oxygens (including phenoxy) is 3. The summed E-state index contributed by atoms with van der Waals surface area (Å²) in [6.45, 7) is 6.50. The lowest BCUT2D eigenvalue weighted by Gasteiger charge is -2.28. The fraction of sp³-hybridized carbons (Fsp3) is 0.333. The van der Waals surface area contributed by atoms with Gasteiger partial charge in [-0.05, 0) is 25.1 Å². The molecule has 0 spiro atoms. The van der Waals surface area contributed by atoms with Crippen LogP contribution in [0.5, 0.6) is 17.2 Å². The van der Waals surface area contributed by atoms with Gasteiger partial charge in [0.05, 0.1) is 42.8 Å². The van der Waals surface area contributed by atoms with Crippen LogP contribution in [0, 0.1) is 18.3 Å². The first kappa shape index (κ1) is 21.1. The number of nitrogens with zero attached hydrogens (tertiary/aromatic N) is 5. The average Bonchev–Trinajstić information content (AvgIpc) is 2.82. The third-order valence-electron chi connectivity index (χ3n) is 5.50. The molecule has 2 aliphatic rings. The van der Waals surface area contributed by atoms with Crippen LogP contribution in [0.3, 0.4) is 0 Å². The normalized spacial score (nSPS) is 16.1.